The molecule has 0 aliphatic heterocycles. The Kier molecular flexibility index (Phi) is 4.31. The lowest BCUT2D eigenvalue weighted by Crippen LogP contribution is -2.19. The molecular weight excluding hydrogens is 302 g/mol. The molecule has 0 aliphatic rings. The van der Waals surface area contributed by atoms with Gasteiger partial charge in [-0.3, -0.25) is 0 Å². The van der Waals surface area contributed by atoms with Gasteiger partial charge >= 0.3 is 0 Å². The van der Waals surface area contributed by atoms with Gasteiger partial charge in [0.1, 0.15) is 0 Å². The molecule has 2 aromatic heterocycles. The third-order valence-corrected chi connectivity index (χ3v) is 3.83. The molecule has 6 heteroatoms. The molecule has 0 amide bonds. The molecule has 0 saturated carbocycles. The van der Waals surface area contributed by atoms with E-state index in [1.807, 2.05) is 18.4 Å². The van der Waals surface area contributed by atoms with Crippen molar-refractivity contribution in [2.75, 3.05) is 6.54 Å². The van der Waals surface area contributed by atoms with Crippen LogP contribution in [0.2, 0.25) is 0 Å². The summed E-state index contributed by atoms with van der Waals surface area (Å²) in [4.78, 5) is 0. The van der Waals surface area contributed by atoms with Gasteiger partial charge in [-0.2, -0.15) is 0 Å². The number of halogens is 1. The van der Waals surface area contributed by atoms with Crippen molar-refractivity contribution in [3.05, 3.63) is 21.1 Å². The summed E-state index contributed by atoms with van der Waals surface area (Å²) in [6.45, 7) is 5.10. The van der Waals surface area contributed by atoms with E-state index in [1.54, 1.807) is 11.3 Å². The fourth-order valence-corrected chi connectivity index (χ4v) is 2.53. The van der Waals surface area contributed by atoms with E-state index >= 15 is 0 Å². The highest BCUT2D eigenvalue weighted by atomic mass is 79.9. The lowest BCUT2D eigenvalue weighted by Gasteiger charge is -2.07. The Balaban J connectivity index is 2.10. The van der Waals surface area contributed by atoms with Gasteiger partial charge in [0.2, 0.25) is 11.8 Å². The molecule has 0 saturated heterocycles. The van der Waals surface area contributed by atoms with E-state index in [-0.39, 0.29) is 6.04 Å². The summed E-state index contributed by atoms with van der Waals surface area (Å²) in [6.07, 6.45) is 1.09. The van der Waals surface area contributed by atoms with Crippen LogP contribution in [0.3, 0.4) is 0 Å². The van der Waals surface area contributed by atoms with Crippen molar-refractivity contribution < 1.29 is 4.42 Å². The van der Waals surface area contributed by atoms with Crippen LogP contribution < -0.4 is 5.32 Å². The van der Waals surface area contributed by atoms with Gasteiger partial charge in [0.05, 0.1) is 15.4 Å². The number of hydrogen-bond acceptors (Lipinski definition) is 5. The number of nitrogens with one attached hydrogen (secondary N) is 1. The molecule has 0 spiro atoms. The van der Waals surface area contributed by atoms with Gasteiger partial charge < -0.3 is 9.73 Å². The van der Waals surface area contributed by atoms with E-state index in [2.05, 4.69) is 38.4 Å². The zero-order chi connectivity index (χ0) is 12.3. The molecule has 1 unspecified atom stereocenters. The second kappa shape index (κ2) is 5.75. The van der Waals surface area contributed by atoms with Crippen molar-refractivity contribution in [2.24, 2.45) is 0 Å². The van der Waals surface area contributed by atoms with Crippen molar-refractivity contribution in [3.8, 4) is 11.5 Å². The molecule has 4 nitrogen and oxygen atoms in total. The summed E-state index contributed by atoms with van der Waals surface area (Å²) in [6, 6.07) is 2.07. The fraction of sp³-hybridized carbons (Fsp3) is 0.455. The molecule has 0 fully saturated rings. The largest absolute Gasteiger partial charge is 0.419 e. The third-order valence-electron chi connectivity index (χ3n) is 2.33. The molecule has 0 aliphatic carbocycles. The van der Waals surface area contributed by atoms with E-state index in [1.165, 1.54) is 0 Å². The molecule has 0 bridgehead atoms. The predicted octanol–water partition coefficient (Wildman–Crippen LogP) is 3.62. The minimum Gasteiger partial charge on any atom is -0.419 e. The van der Waals surface area contributed by atoms with Gasteiger partial charge in [-0.25, -0.2) is 0 Å². The van der Waals surface area contributed by atoms with Crippen LogP contribution in [0.25, 0.3) is 11.5 Å². The van der Waals surface area contributed by atoms with E-state index in [9.17, 15) is 0 Å². The first-order valence-corrected chi connectivity index (χ1v) is 7.19. The van der Waals surface area contributed by atoms with Crippen LogP contribution in [0.5, 0.6) is 0 Å². The van der Waals surface area contributed by atoms with Crippen molar-refractivity contribution in [1.82, 2.24) is 15.5 Å². The number of rotatable bonds is 5. The Morgan fingerprint density at radius 3 is 3.00 bits per heavy atom. The Labute approximate surface area is 113 Å². The minimum absolute atomic E-state index is 0.0956. The molecule has 1 N–H and O–H groups in total. The van der Waals surface area contributed by atoms with Crippen LogP contribution in [0, 0.1) is 0 Å². The van der Waals surface area contributed by atoms with E-state index in [0.29, 0.717) is 11.8 Å². The highest BCUT2D eigenvalue weighted by Crippen LogP contribution is 2.28. The lowest BCUT2D eigenvalue weighted by atomic mass is 10.3. The summed E-state index contributed by atoms with van der Waals surface area (Å²) in [5.74, 6) is 1.21. The van der Waals surface area contributed by atoms with Crippen molar-refractivity contribution in [3.63, 3.8) is 0 Å². The molecule has 2 heterocycles. The van der Waals surface area contributed by atoms with Crippen LogP contribution in [0.15, 0.2) is 19.6 Å². The molecule has 2 aromatic rings. The van der Waals surface area contributed by atoms with E-state index < -0.39 is 0 Å². The quantitative estimate of drug-likeness (QED) is 0.915. The van der Waals surface area contributed by atoms with Crippen LogP contribution in [-0.2, 0) is 0 Å². The molecule has 1 atom stereocenters. The first-order valence-electron chi connectivity index (χ1n) is 5.52. The number of hydrogen-bond donors (Lipinski definition) is 1. The fourth-order valence-electron chi connectivity index (χ4n) is 1.40. The number of aromatic nitrogens is 2. The Morgan fingerprint density at radius 2 is 2.35 bits per heavy atom. The third kappa shape index (κ3) is 3.14. The van der Waals surface area contributed by atoms with Crippen LogP contribution in [-0.4, -0.2) is 16.7 Å². The summed E-state index contributed by atoms with van der Waals surface area (Å²) in [5.41, 5.74) is 0.961. The summed E-state index contributed by atoms with van der Waals surface area (Å²) in [7, 11) is 0. The molecule has 2 rings (SSSR count). The minimum atomic E-state index is 0.0956. The summed E-state index contributed by atoms with van der Waals surface area (Å²) < 4.78 is 6.70. The van der Waals surface area contributed by atoms with Crippen molar-refractivity contribution in [1.29, 1.82) is 0 Å². The predicted molar refractivity (Wildman–Crippen MR) is 72.0 cm³/mol. The van der Waals surface area contributed by atoms with Gasteiger partial charge in [0.25, 0.3) is 0 Å². The number of thiophene rings is 1. The first-order chi connectivity index (χ1) is 8.20. The van der Waals surface area contributed by atoms with Gasteiger partial charge in [0, 0.05) is 5.38 Å². The van der Waals surface area contributed by atoms with Gasteiger partial charge in [-0.15, -0.1) is 21.5 Å². The lowest BCUT2D eigenvalue weighted by molar-refractivity contribution is 0.423. The van der Waals surface area contributed by atoms with Crippen LogP contribution >= 0.6 is 27.3 Å². The monoisotopic (exact) mass is 315 g/mol. The van der Waals surface area contributed by atoms with Gasteiger partial charge in [-0.05, 0) is 41.9 Å². The maximum atomic E-state index is 5.64. The second-order valence-electron chi connectivity index (χ2n) is 3.76. The normalized spacial score (nSPS) is 12.9. The van der Waals surface area contributed by atoms with E-state index in [0.717, 1.165) is 22.3 Å². The standard InChI is InChI=1S/C11H14BrN3OS/c1-3-4-13-7(2)10-14-15-11(16-10)8-5-9(12)17-6-8/h5-7,13H,3-4H2,1-2H3. The first kappa shape index (κ1) is 12.7. The number of nitrogens with zero attached hydrogens (tertiary/aromatic N) is 2. The maximum absolute atomic E-state index is 5.64. The van der Waals surface area contributed by atoms with Crippen molar-refractivity contribution in [2.45, 2.75) is 26.3 Å². The van der Waals surface area contributed by atoms with Crippen molar-refractivity contribution >= 4 is 27.3 Å². The highest BCUT2D eigenvalue weighted by molar-refractivity contribution is 9.11. The molecular formula is C11H14BrN3OS. The Hall–Kier alpha value is -0.720. The second-order valence-corrected chi connectivity index (χ2v) is 6.05. The van der Waals surface area contributed by atoms with E-state index in [4.69, 9.17) is 4.42 Å². The Bertz CT molecular complexity index is 483. The highest BCUT2D eigenvalue weighted by Gasteiger charge is 2.14. The SMILES string of the molecule is CCCNC(C)c1nnc(-c2csc(Br)c2)o1. The zero-order valence-corrected chi connectivity index (χ0v) is 12.1. The van der Waals surface area contributed by atoms with Crippen LogP contribution in [0.1, 0.15) is 32.2 Å². The molecule has 0 radical (unpaired) electrons. The van der Waals surface area contributed by atoms with Crippen LogP contribution in [0.4, 0.5) is 0 Å². The molecule has 0 aromatic carbocycles. The Morgan fingerprint density at radius 1 is 1.53 bits per heavy atom. The topological polar surface area (TPSA) is 51.0 Å². The smallest absolute Gasteiger partial charge is 0.248 e. The summed E-state index contributed by atoms with van der Waals surface area (Å²) in [5, 5.41) is 13.4. The maximum Gasteiger partial charge on any atom is 0.248 e. The average molecular weight is 316 g/mol. The average Bonchev–Trinajstić information content (AvgIpc) is 2.93. The zero-order valence-electron chi connectivity index (χ0n) is 9.74. The summed E-state index contributed by atoms with van der Waals surface area (Å²) >= 11 is 5.02. The van der Waals surface area contributed by atoms with Gasteiger partial charge in [-0.1, -0.05) is 6.92 Å². The molecule has 92 valence electrons. The molecule has 17 heavy (non-hydrogen) atoms. The van der Waals surface area contributed by atoms with Gasteiger partial charge in [0.15, 0.2) is 0 Å².